The van der Waals surface area contributed by atoms with E-state index in [9.17, 15) is 15.3 Å². The minimum Gasteiger partial charge on any atom is -0.504 e. The first-order chi connectivity index (χ1) is 11.5. The lowest BCUT2D eigenvalue weighted by Crippen LogP contribution is -1.89. The van der Waals surface area contributed by atoms with E-state index in [0.29, 0.717) is 5.56 Å². The maximum absolute atomic E-state index is 9.76. The molecule has 0 heterocycles. The summed E-state index contributed by atoms with van der Waals surface area (Å²) in [6.45, 7) is 4.59. The molecule has 0 saturated carbocycles. The minimum absolute atomic E-state index is 0.174. The van der Waals surface area contributed by atoms with Crippen LogP contribution >= 0.6 is 0 Å². The molecule has 0 radical (unpaired) electrons. The summed E-state index contributed by atoms with van der Waals surface area (Å²) in [5, 5.41) is 28.6. The molecule has 0 aromatic heterocycles. The molecule has 0 spiro atoms. The maximum Gasteiger partial charge on any atom is 0.200 e. The molecule has 1 aromatic rings. The Labute approximate surface area is 147 Å². The molecule has 3 N–H and O–H groups in total. The van der Waals surface area contributed by atoms with E-state index in [0.717, 1.165) is 25.2 Å². The van der Waals surface area contributed by atoms with Gasteiger partial charge in [-0.1, -0.05) is 84.1 Å². The average Bonchev–Trinajstić information content (AvgIpc) is 2.55. The van der Waals surface area contributed by atoms with Gasteiger partial charge in [0.05, 0.1) is 0 Å². The van der Waals surface area contributed by atoms with Crippen LogP contribution in [-0.2, 0) is 6.42 Å². The highest BCUT2D eigenvalue weighted by molar-refractivity contribution is 5.53. The molecule has 0 fully saturated rings. The van der Waals surface area contributed by atoms with E-state index in [1.165, 1.54) is 63.9 Å². The Bertz CT molecular complexity index is 455. The fourth-order valence-corrected chi connectivity index (χ4v) is 3.09. The second-order valence-electron chi connectivity index (χ2n) is 7.41. The van der Waals surface area contributed by atoms with Crippen molar-refractivity contribution < 1.29 is 15.3 Å². The summed E-state index contributed by atoms with van der Waals surface area (Å²) >= 11 is 0. The molecule has 0 aliphatic heterocycles. The highest BCUT2D eigenvalue weighted by atomic mass is 16.3. The fraction of sp³-hybridized carbons (Fsp3) is 0.714. The van der Waals surface area contributed by atoms with E-state index in [1.807, 2.05) is 0 Å². The zero-order chi connectivity index (χ0) is 17.8. The lowest BCUT2D eigenvalue weighted by molar-refractivity contribution is 0.364. The summed E-state index contributed by atoms with van der Waals surface area (Å²) in [6, 6.07) is 3.12. The van der Waals surface area contributed by atoms with E-state index in [1.54, 1.807) is 6.07 Å². The van der Waals surface area contributed by atoms with Crippen LogP contribution in [0.3, 0.4) is 0 Å². The van der Waals surface area contributed by atoms with Crippen molar-refractivity contribution >= 4 is 0 Å². The molecule has 0 atom stereocenters. The number of phenolic OH excluding ortho intramolecular Hbond substituents is 3. The summed E-state index contributed by atoms with van der Waals surface area (Å²) in [6.07, 6.45) is 15.0. The van der Waals surface area contributed by atoms with Crippen molar-refractivity contribution in [3.8, 4) is 17.2 Å². The Hall–Kier alpha value is -1.38. The number of rotatable bonds is 13. The Morgan fingerprint density at radius 2 is 1.17 bits per heavy atom. The number of unbranched alkanes of at least 4 members (excludes halogenated alkanes) is 9. The van der Waals surface area contributed by atoms with E-state index in [-0.39, 0.29) is 11.5 Å². The minimum atomic E-state index is -0.402. The standard InChI is InChI=1S/C21H36O3/c1-17(2)13-11-9-7-5-3-4-6-8-10-12-14-18-15-16-19(22)21(24)20(18)23/h15-17,22-24H,3-14H2,1-2H3. The molecule has 0 unspecified atom stereocenters. The van der Waals surface area contributed by atoms with Gasteiger partial charge in [-0.3, -0.25) is 0 Å². The van der Waals surface area contributed by atoms with Gasteiger partial charge in [-0.2, -0.15) is 0 Å². The number of benzene rings is 1. The van der Waals surface area contributed by atoms with Crippen LogP contribution in [0.15, 0.2) is 12.1 Å². The van der Waals surface area contributed by atoms with Crippen LogP contribution < -0.4 is 0 Å². The second-order valence-corrected chi connectivity index (χ2v) is 7.41. The zero-order valence-electron chi connectivity index (χ0n) is 15.6. The summed E-state index contributed by atoms with van der Waals surface area (Å²) in [5.74, 6) is 0.00581. The first kappa shape index (κ1) is 20.7. The van der Waals surface area contributed by atoms with Gasteiger partial charge < -0.3 is 15.3 Å². The molecule has 138 valence electrons. The third-order valence-corrected chi connectivity index (χ3v) is 4.69. The predicted molar refractivity (Wildman–Crippen MR) is 101 cm³/mol. The van der Waals surface area contributed by atoms with Gasteiger partial charge in [-0.05, 0) is 30.4 Å². The van der Waals surface area contributed by atoms with Crippen LogP contribution in [0.1, 0.15) is 90.0 Å². The van der Waals surface area contributed by atoms with Crippen LogP contribution in [-0.4, -0.2) is 15.3 Å². The van der Waals surface area contributed by atoms with E-state index < -0.39 is 5.75 Å². The lowest BCUT2D eigenvalue weighted by atomic mass is 10.0. The average molecular weight is 337 g/mol. The highest BCUT2D eigenvalue weighted by Gasteiger charge is 2.10. The zero-order valence-corrected chi connectivity index (χ0v) is 15.6. The molecule has 1 rings (SSSR count). The Morgan fingerprint density at radius 1 is 0.667 bits per heavy atom. The molecular formula is C21H36O3. The smallest absolute Gasteiger partial charge is 0.200 e. The first-order valence-electron chi connectivity index (χ1n) is 9.75. The molecule has 24 heavy (non-hydrogen) atoms. The van der Waals surface area contributed by atoms with Gasteiger partial charge in [0.15, 0.2) is 11.5 Å². The summed E-state index contributed by atoms with van der Waals surface area (Å²) in [5.41, 5.74) is 0.715. The van der Waals surface area contributed by atoms with Crippen LogP contribution in [0, 0.1) is 5.92 Å². The van der Waals surface area contributed by atoms with Crippen molar-refractivity contribution in [1.82, 2.24) is 0 Å². The van der Waals surface area contributed by atoms with Crippen molar-refractivity contribution in [2.24, 2.45) is 5.92 Å². The Balaban J connectivity index is 1.95. The monoisotopic (exact) mass is 336 g/mol. The maximum atomic E-state index is 9.76. The first-order valence-corrected chi connectivity index (χ1v) is 9.75. The van der Waals surface area contributed by atoms with Crippen molar-refractivity contribution in [2.75, 3.05) is 0 Å². The van der Waals surface area contributed by atoms with E-state index in [4.69, 9.17) is 0 Å². The molecule has 0 bridgehead atoms. The summed E-state index contributed by atoms with van der Waals surface area (Å²) in [4.78, 5) is 0. The van der Waals surface area contributed by atoms with Crippen molar-refractivity contribution in [3.63, 3.8) is 0 Å². The van der Waals surface area contributed by atoms with Gasteiger partial charge in [0.25, 0.3) is 0 Å². The van der Waals surface area contributed by atoms with E-state index >= 15 is 0 Å². The van der Waals surface area contributed by atoms with Gasteiger partial charge >= 0.3 is 0 Å². The van der Waals surface area contributed by atoms with Crippen molar-refractivity contribution in [3.05, 3.63) is 17.7 Å². The largest absolute Gasteiger partial charge is 0.504 e. The SMILES string of the molecule is CC(C)CCCCCCCCCCCCc1ccc(O)c(O)c1O. The van der Waals surface area contributed by atoms with Crippen LogP contribution in [0.2, 0.25) is 0 Å². The molecule has 0 aliphatic carbocycles. The van der Waals surface area contributed by atoms with Crippen LogP contribution in [0.4, 0.5) is 0 Å². The topological polar surface area (TPSA) is 60.7 Å². The quantitative estimate of drug-likeness (QED) is 0.293. The Morgan fingerprint density at radius 3 is 1.71 bits per heavy atom. The lowest BCUT2D eigenvalue weighted by Gasteiger charge is -2.07. The molecular weight excluding hydrogens is 300 g/mol. The van der Waals surface area contributed by atoms with Crippen LogP contribution in [0.25, 0.3) is 0 Å². The van der Waals surface area contributed by atoms with Gasteiger partial charge in [-0.25, -0.2) is 0 Å². The molecule has 3 nitrogen and oxygen atoms in total. The van der Waals surface area contributed by atoms with E-state index in [2.05, 4.69) is 13.8 Å². The number of hydrogen-bond acceptors (Lipinski definition) is 3. The van der Waals surface area contributed by atoms with Crippen molar-refractivity contribution in [1.29, 1.82) is 0 Å². The number of aryl methyl sites for hydroxylation is 1. The third kappa shape index (κ3) is 8.47. The molecule has 0 aliphatic rings. The molecule has 0 saturated heterocycles. The van der Waals surface area contributed by atoms with Gasteiger partial charge in [0.2, 0.25) is 5.75 Å². The Kier molecular flexibility index (Phi) is 10.4. The summed E-state index contributed by atoms with van der Waals surface area (Å²) < 4.78 is 0. The fourth-order valence-electron chi connectivity index (χ4n) is 3.09. The molecule has 3 heteroatoms. The number of phenols is 3. The predicted octanol–water partition coefficient (Wildman–Crippen LogP) is 6.29. The third-order valence-electron chi connectivity index (χ3n) is 4.69. The molecule has 0 amide bonds. The van der Waals surface area contributed by atoms with Gasteiger partial charge in [-0.15, -0.1) is 0 Å². The number of hydrogen-bond donors (Lipinski definition) is 3. The van der Waals surface area contributed by atoms with Crippen molar-refractivity contribution in [2.45, 2.75) is 90.9 Å². The second kappa shape index (κ2) is 12.0. The van der Waals surface area contributed by atoms with Gasteiger partial charge in [0, 0.05) is 0 Å². The highest BCUT2D eigenvalue weighted by Crippen LogP contribution is 2.37. The van der Waals surface area contributed by atoms with Gasteiger partial charge in [0.1, 0.15) is 0 Å². The van der Waals surface area contributed by atoms with Crippen LogP contribution in [0.5, 0.6) is 17.2 Å². The molecule has 1 aromatic carbocycles. The number of aromatic hydroxyl groups is 3. The summed E-state index contributed by atoms with van der Waals surface area (Å²) in [7, 11) is 0. The normalized spacial score (nSPS) is 11.3.